The molecule has 0 aliphatic carbocycles. The summed E-state index contributed by atoms with van der Waals surface area (Å²) in [5, 5.41) is 11.7. The zero-order valence-electron chi connectivity index (χ0n) is 12.6. The van der Waals surface area contributed by atoms with E-state index in [2.05, 4.69) is 21.4 Å². The van der Waals surface area contributed by atoms with Crippen molar-refractivity contribution >= 4 is 22.9 Å². The number of nitrogens with zero attached hydrogens (tertiary/aromatic N) is 2. The van der Waals surface area contributed by atoms with Crippen LogP contribution in [0.3, 0.4) is 0 Å². The second-order valence-electron chi connectivity index (χ2n) is 5.12. The summed E-state index contributed by atoms with van der Waals surface area (Å²) in [5.74, 6) is 0.257. The van der Waals surface area contributed by atoms with E-state index in [-0.39, 0.29) is 11.8 Å². The highest BCUT2D eigenvalue weighted by Gasteiger charge is 2.23. The molecule has 0 spiro atoms. The summed E-state index contributed by atoms with van der Waals surface area (Å²) >= 11 is 1.64. The van der Waals surface area contributed by atoms with Crippen LogP contribution in [0.4, 0.5) is 0 Å². The minimum absolute atomic E-state index is 0.0254. The number of aromatic hydroxyl groups is 1. The molecule has 0 aliphatic heterocycles. The smallest absolute Gasteiger partial charge is 0.146 e. The van der Waals surface area contributed by atoms with Gasteiger partial charge >= 0.3 is 0 Å². The maximum Gasteiger partial charge on any atom is 0.146 e. The van der Waals surface area contributed by atoms with E-state index in [4.69, 9.17) is 0 Å². The first kappa shape index (κ1) is 14.9. The van der Waals surface area contributed by atoms with Crippen molar-refractivity contribution in [2.45, 2.75) is 6.04 Å². The number of rotatable bonds is 4. The Morgan fingerprint density at radius 1 is 1.05 bits per heavy atom. The minimum atomic E-state index is -0.0254. The number of pyridine rings is 1. The first-order chi connectivity index (χ1) is 10.7. The Morgan fingerprint density at radius 3 is 2.55 bits per heavy atom. The first-order valence-corrected chi connectivity index (χ1v) is 8.29. The fourth-order valence-electron chi connectivity index (χ4n) is 2.69. The SMILES string of the molecule is CSN(C)C(c1ccccc1)c1ccc2cccnc2c1O. The van der Waals surface area contributed by atoms with Gasteiger partial charge in [0.25, 0.3) is 0 Å². The van der Waals surface area contributed by atoms with E-state index in [1.54, 1.807) is 18.1 Å². The summed E-state index contributed by atoms with van der Waals surface area (Å²) in [4.78, 5) is 4.33. The van der Waals surface area contributed by atoms with E-state index < -0.39 is 0 Å². The van der Waals surface area contributed by atoms with Crippen molar-refractivity contribution in [2.24, 2.45) is 0 Å². The van der Waals surface area contributed by atoms with E-state index in [1.165, 1.54) is 0 Å². The normalized spacial score (nSPS) is 12.7. The van der Waals surface area contributed by atoms with Crippen LogP contribution >= 0.6 is 11.9 Å². The van der Waals surface area contributed by atoms with Crippen molar-refractivity contribution < 1.29 is 5.11 Å². The van der Waals surface area contributed by atoms with Gasteiger partial charge in [0, 0.05) is 17.1 Å². The van der Waals surface area contributed by atoms with Crippen LogP contribution < -0.4 is 0 Å². The van der Waals surface area contributed by atoms with Crippen LogP contribution in [-0.4, -0.2) is 27.7 Å². The van der Waals surface area contributed by atoms with Gasteiger partial charge in [-0.25, -0.2) is 4.31 Å². The Labute approximate surface area is 134 Å². The second-order valence-corrected chi connectivity index (χ2v) is 6.06. The van der Waals surface area contributed by atoms with E-state index >= 15 is 0 Å². The number of phenols is 1. The highest BCUT2D eigenvalue weighted by atomic mass is 32.2. The highest BCUT2D eigenvalue weighted by Crippen LogP contribution is 2.38. The first-order valence-electron chi connectivity index (χ1n) is 7.11. The summed E-state index contributed by atoms with van der Waals surface area (Å²) < 4.78 is 2.14. The Kier molecular flexibility index (Phi) is 4.32. The van der Waals surface area contributed by atoms with Gasteiger partial charge in [0.05, 0.1) is 6.04 Å². The molecule has 3 aromatic rings. The van der Waals surface area contributed by atoms with Gasteiger partial charge in [-0.05, 0) is 24.9 Å². The molecular weight excluding hydrogens is 292 g/mol. The monoisotopic (exact) mass is 310 g/mol. The van der Waals surface area contributed by atoms with Gasteiger partial charge in [-0.1, -0.05) is 60.5 Å². The Hall–Kier alpha value is -2.04. The topological polar surface area (TPSA) is 36.4 Å². The lowest BCUT2D eigenvalue weighted by Crippen LogP contribution is -2.18. The summed E-state index contributed by atoms with van der Waals surface area (Å²) in [6.45, 7) is 0. The molecule has 3 nitrogen and oxygen atoms in total. The molecule has 2 aromatic carbocycles. The lowest BCUT2D eigenvalue weighted by molar-refractivity contribution is 0.433. The van der Waals surface area contributed by atoms with Gasteiger partial charge in [-0.2, -0.15) is 0 Å². The predicted octanol–water partition coefficient (Wildman–Crippen LogP) is 4.24. The predicted molar refractivity (Wildman–Crippen MR) is 93.0 cm³/mol. The largest absolute Gasteiger partial charge is 0.505 e. The van der Waals surface area contributed by atoms with Crippen LogP contribution in [0, 0.1) is 0 Å². The van der Waals surface area contributed by atoms with Gasteiger partial charge in [-0.15, -0.1) is 0 Å². The minimum Gasteiger partial charge on any atom is -0.505 e. The third kappa shape index (κ3) is 2.67. The molecule has 1 aromatic heterocycles. The molecule has 0 fully saturated rings. The maximum atomic E-state index is 10.7. The van der Waals surface area contributed by atoms with Crippen molar-refractivity contribution in [1.29, 1.82) is 0 Å². The molecule has 1 N–H and O–H groups in total. The number of fused-ring (bicyclic) bond motifs is 1. The van der Waals surface area contributed by atoms with Crippen molar-refractivity contribution in [1.82, 2.24) is 9.29 Å². The molecule has 0 saturated carbocycles. The summed E-state index contributed by atoms with van der Waals surface area (Å²) in [6, 6.07) is 18.0. The van der Waals surface area contributed by atoms with Crippen molar-refractivity contribution in [3.63, 3.8) is 0 Å². The van der Waals surface area contributed by atoms with E-state index in [9.17, 15) is 5.11 Å². The molecule has 112 valence electrons. The average molecular weight is 310 g/mol. The molecule has 4 heteroatoms. The van der Waals surface area contributed by atoms with Crippen LogP contribution in [-0.2, 0) is 0 Å². The van der Waals surface area contributed by atoms with Crippen LogP contribution in [0.1, 0.15) is 17.2 Å². The van der Waals surface area contributed by atoms with Crippen molar-refractivity contribution in [3.05, 3.63) is 71.9 Å². The van der Waals surface area contributed by atoms with E-state index in [1.807, 2.05) is 55.8 Å². The second kappa shape index (κ2) is 6.38. The third-order valence-corrected chi connectivity index (χ3v) is 4.63. The van der Waals surface area contributed by atoms with Crippen LogP contribution in [0.25, 0.3) is 10.9 Å². The quantitative estimate of drug-likeness (QED) is 0.731. The van der Waals surface area contributed by atoms with E-state index in [0.29, 0.717) is 5.52 Å². The average Bonchev–Trinajstić information content (AvgIpc) is 2.58. The van der Waals surface area contributed by atoms with Crippen molar-refractivity contribution in [3.8, 4) is 5.75 Å². The van der Waals surface area contributed by atoms with Gasteiger partial charge < -0.3 is 5.11 Å². The van der Waals surface area contributed by atoms with Crippen molar-refractivity contribution in [2.75, 3.05) is 13.3 Å². The number of aromatic nitrogens is 1. The maximum absolute atomic E-state index is 10.7. The van der Waals surface area contributed by atoms with E-state index in [0.717, 1.165) is 16.5 Å². The molecule has 0 amide bonds. The van der Waals surface area contributed by atoms with Gasteiger partial charge in [0.2, 0.25) is 0 Å². The molecule has 22 heavy (non-hydrogen) atoms. The molecular formula is C18H18N2OS. The fourth-order valence-corrected chi connectivity index (χ4v) is 3.14. The number of hydrogen-bond donors (Lipinski definition) is 1. The lowest BCUT2D eigenvalue weighted by atomic mass is 9.96. The zero-order valence-corrected chi connectivity index (χ0v) is 13.4. The number of phenolic OH excluding ortho intramolecular Hbond substituents is 1. The zero-order chi connectivity index (χ0) is 15.5. The van der Waals surface area contributed by atoms with Gasteiger partial charge in [0.1, 0.15) is 11.3 Å². The summed E-state index contributed by atoms with van der Waals surface area (Å²) in [5.41, 5.74) is 2.66. The molecule has 0 aliphatic rings. The van der Waals surface area contributed by atoms with Crippen LogP contribution in [0.2, 0.25) is 0 Å². The molecule has 3 rings (SSSR count). The fraction of sp³-hybridized carbons (Fsp3) is 0.167. The molecule has 0 radical (unpaired) electrons. The Balaban J connectivity index is 2.18. The van der Waals surface area contributed by atoms with Gasteiger partial charge in [-0.3, -0.25) is 4.98 Å². The van der Waals surface area contributed by atoms with Crippen LogP contribution in [0.5, 0.6) is 5.75 Å². The number of hydrogen-bond acceptors (Lipinski definition) is 4. The molecule has 0 bridgehead atoms. The standard InChI is InChI=1S/C18H18N2OS/c1-20(22-2)17(14-7-4-3-5-8-14)15-11-10-13-9-6-12-19-16(13)18(15)21/h3-12,17,21H,1-2H3. The summed E-state index contributed by atoms with van der Waals surface area (Å²) in [6.07, 6.45) is 3.74. The molecule has 1 heterocycles. The highest BCUT2D eigenvalue weighted by molar-refractivity contribution is 7.96. The molecule has 0 saturated heterocycles. The Morgan fingerprint density at radius 2 is 1.82 bits per heavy atom. The molecule has 1 atom stereocenters. The number of benzene rings is 2. The third-order valence-electron chi connectivity index (χ3n) is 3.84. The van der Waals surface area contributed by atoms with Crippen LogP contribution in [0.15, 0.2) is 60.8 Å². The van der Waals surface area contributed by atoms with Gasteiger partial charge in [0.15, 0.2) is 0 Å². The Bertz CT molecular complexity index is 776. The summed E-state index contributed by atoms with van der Waals surface area (Å²) in [7, 11) is 2.03. The lowest BCUT2D eigenvalue weighted by Gasteiger charge is -2.27. The molecule has 1 unspecified atom stereocenters.